The maximum absolute atomic E-state index is 14.1. The number of carbonyl (C=O) groups excluding carboxylic acids is 2. The molecule has 0 bridgehead atoms. The van der Waals surface area contributed by atoms with Gasteiger partial charge >= 0.3 is 12.1 Å². The van der Waals surface area contributed by atoms with Crippen LogP contribution < -0.4 is 10.1 Å². The number of halogens is 5. The Morgan fingerprint density at radius 3 is 2.14 bits per heavy atom. The van der Waals surface area contributed by atoms with Gasteiger partial charge in [-0.1, -0.05) is 48.5 Å². The molecule has 6 nitrogen and oxygen atoms in total. The standard InChI is InChI=1S/C25H17F5N2O4/c26-18-19(27)21(29)23(22(30)20(18)28)36-24(33)17(10-14-11-31-16-9-5-4-8-15(14)16)32-25(34)35-12-13-6-2-1-3-7-13/h1-9,11,17,31H,10,12H2,(H,32,34). The van der Waals surface area contributed by atoms with E-state index in [2.05, 4.69) is 15.0 Å². The third-order valence-corrected chi connectivity index (χ3v) is 5.26. The van der Waals surface area contributed by atoms with Gasteiger partial charge < -0.3 is 19.8 Å². The maximum atomic E-state index is 14.1. The van der Waals surface area contributed by atoms with Gasteiger partial charge in [0.05, 0.1) is 0 Å². The average Bonchev–Trinajstić information content (AvgIpc) is 3.30. The van der Waals surface area contributed by atoms with Gasteiger partial charge in [0.25, 0.3) is 0 Å². The van der Waals surface area contributed by atoms with Gasteiger partial charge in [-0.05, 0) is 17.2 Å². The van der Waals surface area contributed by atoms with E-state index in [4.69, 9.17) is 4.74 Å². The smallest absolute Gasteiger partial charge is 0.408 e. The summed E-state index contributed by atoms with van der Waals surface area (Å²) < 4.78 is 78.2. The van der Waals surface area contributed by atoms with Crippen molar-refractivity contribution in [3.05, 3.63) is 101 Å². The lowest BCUT2D eigenvalue weighted by molar-refractivity contribution is -0.137. The minimum absolute atomic E-state index is 0.154. The topological polar surface area (TPSA) is 80.4 Å². The highest BCUT2D eigenvalue weighted by molar-refractivity contribution is 5.86. The number of carbonyl (C=O) groups is 2. The molecule has 186 valence electrons. The van der Waals surface area contributed by atoms with E-state index >= 15 is 0 Å². The fourth-order valence-corrected chi connectivity index (χ4v) is 3.47. The molecule has 2 N–H and O–H groups in total. The second-order valence-corrected chi connectivity index (χ2v) is 7.64. The van der Waals surface area contributed by atoms with Crippen LogP contribution in [0.3, 0.4) is 0 Å². The summed E-state index contributed by atoms with van der Waals surface area (Å²) in [5.41, 5.74) is 1.85. The number of esters is 1. The van der Waals surface area contributed by atoms with Crippen molar-refractivity contribution in [2.75, 3.05) is 0 Å². The number of ether oxygens (including phenoxy) is 2. The third kappa shape index (κ3) is 5.14. The third-order valence-electron chi connectivity index (χ3n) is 5.26. The number of benzene rings is 3. The van der Waals surface area contributed by atoms with Crippen molar-refractivity contribution in [2.45, 2.75) is 19.1 Å². The Balaban J connectivity index is 1.58. The number of hydrogen-bond acceptors (Lipinski definition) is 4. The van der Waals surface area contributed by atoms with Crippen molar-refractivity contribution in [1.29, 1.82) is 0 Å². The van der Waals surface area contributed by atoms with Gasteiger partial charge in [-0.15, -0.1) is 0 Å². The molecule has 4 rings (SSSR count). The van der Waals surface area contributed by atoms with Crippen LogP contribution >= 0.6 is 0 Å². The van der Waals surface area contributed by atoms with Crippen LogP contribution in [0.4, 0.5) is 26.7 Å². The summed E-state index contributed by atoms with van der Waals surface area (Å²) in [4.78, 5) is 28.2. The molecular formula is C25H17F5N2O4. The Morgan fingerprint density at radius 1 is 0.833 bits per heavy atom. The van der Waals surface area contributed by atoms with Crippen LogP contribution in [-0.4, -0.2) is 23.1 Å². The Labute approximate surface area is 200 Å². The highest BCUT2D eigenvalue weighted by atomic mass is 19.2. The number of hydrogen-bond donors (Lipinski definition) is 2. The quantitative estimate of drug-likeness (QED) is 0.118. The fraction of sp³-hybridized carbons (Fsp3) is 0.120. The monoisotopic (exact) mass is 504 g/mol. The summed E-state index contributed by atoms with van der Waals surface area (Å²) in [6.07, 6.45) is 0.219. The SMILES string of the molecule is O=C(NC(Cc1c[nH]c2ccccc12)C(=O)Oc1c(F)c(F)c(F)c(F)c1F)OCc1ccccc1. The van der Waals surface area contributed by atoms with Crippen molar-refractivity contribution in [3.8, 4) is 5.75 Å². The molecule has 4 aromatic rings. The highest BCUT2D eigenvalue weighted by Gasteiger charge is 2.32. The van der Waals surface area contributed by atoms with Crippen LogP contribution in [0.5, 0.6) is 5.75 Å². The molecule has 0 aliphatic rings. The van der Waals surface area contributed by atoms with E-state index in [9.17, 15) is 31.5 Å². The van der Waals surface area contributed by atoms with Crippen molar-refractivity contribution >= 4 is 23.0 Å². The van der Waals surface area contributed by atoms with E-state index in [1.165, 1.54) is 0 Å². The molecule has 1 unspecified atom stereocenters. The predicted octanol–water partition coefficient (Wildman–Crippen LogP) is 5.31. The van der Waals surface area contributed by atoms with E-state index in [1.807, 2.05) is 0 Å². The van der Waals surface area contributed by atoms with Gasteiger partial charge in [0, 0.05) is 23.5 Å². The number of fused-ring (bicyclic) bond motifs is 1. The average molecular weight is 504 g/mol. The number of nitrogens with one attached hydrogen (secondary N) is 2. The van der Waals surface area contributed by atoms with Gasteiger partial charge in [-0.3, -0.25) is 0 Å². The second kappa shape index (κ2) is 10.5. The summed E-state index contributed by atoms with van der Waals surface area (Å²) in [6, 6.07) is 13.9. The Hall–Kier alpha value is -4.41. The molecule has 1 amide bonds. The molecule has 1 aromatic heterocycles. The predicted molar refractivity (Wildman–Crippen MR) is 117 cm³/mol. The Bertz CT molecular complexity index is 1400. The summed E-state index contributed by atoms with van der Waals surface area (Å²) in [5.74, 6) is -14.8. The summed E-state index contributed by atoms with van der Waals surface area (Å²) in [5, 5.41) is 2.91. The number of aromatic amines is 1. The lowest BCUT2D eigenvalue weighted by Crippen LogP contribution is -2.45. The molecular weight excluding hydrogens is 487 g/mol. The molecule has 1 atom stereocenters. The van der Waals surface area contributed by atoms with E-state index in [-0.39, 0.29) is 13.0 Å². The molecule has 0 fully saturated rings. The van der Waals surface area contributed by atoms with Crippen LogP contribution in [0, 0.1) is 29.1 Å². The zero-order valence-corrected chi connectivity index (χ0v) is 18.3. The number of alkyl carbamates (subject to hydrolysis) is 1. The fourth-order valence-electron chi connectivity index (χ4n) is 3.47. The number of rotatable bonds is 7. The minimum atomic E-state index is -2.40. The van der Waals surface area contributed by atoms with Crippen LogP contribution in [0.1, 0.15) is 11.1 Å². The molecule has 3 aromatic carbocycles. The normalized spacial score (nSPS) is 11.8. The lowest BCUT2D eigenvalue weighted by Gasteiger charge is -2.18. The summed E-state index contributed by atoms with van der Waals surface area (Å²) in [6.45, 7) is -0.154. The largest absolute Gasteiger partial charge is 0.445 e. The van der Waals surface area contributed by atoms with Crippen molar-refractivity contribution < 1.29 is 41.0 Å². The molecule has 0 aliphatic carbocycles. The zero-order chi connectivity index (χ0) is 25.8. The molecule has 0 radical (unpaired) electrons. The molecule has 0 aliphatic heterocycles. The van der Waals surface area contributed by atoms with E-state index in [0.29, 0.717) is 22.0 Å². The molecule has 1 heterocycles. The van der Waals surface area contributed by atoms with Crippen LogP contribution in [0.25, 0.3) is 10.9 Å². The van der Waals surface area contributed by atoms with Crippen LogP contribution in [0.15, 0.2) is 60.8 Å². The van der Waals surface area contributed by atoms with Gasteiger partial charge in [-0.2, -0.15) is 8.78 Å². The number of para-hydroxylation sites is 1. The number of amides is 1. The highest BCUT2D eigenvalue weighted by Crippen LogP contribution is 2.29. The molecule has 0 saturated heterocycles. The Kier molecular flexibility index (Phi) is 7.18. The number of aromatic nitrogens is 1. The molecule has 11 heteroatoms. The molecule has 0 spiro atoms. The zero-order valence-electron chi connectivity index (χ0n) is 18.3. The minimum Gasteiger partial charge on any atom is -0.445 e. The first kappa shape index (κ1) is 24.7. The van der Waals surface area contributed by atoms with Gasteiger partial charge in [0.2, 0.25) is 34.8 Å². The molecule has 36 heavy (non-hydrogen) atoms. The van der Waals surface area contributed by atoms with Crippen LogP contribution in [-0.2, 0) is 22.6 Å². The first-order valence-electron chi connectivity index (χ1n) is 10.5. The maximum Gasteiger partial charge on any atom is 0.408 e. The van der Waals surface area contributed by atoms with Crippen molar-refractivity contribution in [1.82, 2.24) is 10.3 Å². The van der Waals surface area contributed by atoms with Gasteiger partial charge in [-0.25, -0.2) is 22.8 Å². The second-order valence-electron chi connectivity index (χ2n) is 7.64. The van der Waals surface area contributed by atoms with E-state index < -0.39 is 52.9 Å². The lowest BCUT2D eigenvalue weighted by atomic mass is 10.1. The van der Waals surface area contributed by atoms with E-state index in [1.54, 1.807) is 60.8 Å². The summed E-state index contributed by atoms with van der Waals surface area (Å²) in [7, 11) is 0. The van der Waals surface area contributed by atoms with Gasteiger partial charge in [0.15, 0.2) is 0 Å². The van der Waals surface area contributed by atoms with Gasteiger partial charge in [0.1, 0.15) is 12.6 Å². The first-order chi connectivity index (χ1) is 17.3. The summed E-state index contributed by atoms with van der Waals surface area (Å²) >= 11 is 0. The van der Waals surface area contributed by atoms with Crippen LogP contribution in [0.2, 0.25) is 0 Å². The Morgan fingerprint density at radius 2 is 1.44 bits per heavy atom. The first-order valence-corrected chi connectivity index (χ1v) is 10.5. The van der Waals surface area contributed by atoms with Crippen molar-refractivity contribution in [2.24, 2.45) is 0 Å². The van der Waals surface area contributed by atoms with Crippen molar-refractivity contribution in [3.63, 3.8) is 0 Å². The number of H-pyrrole nitrogens is 1. The van der Waals surface area contributed by atoms with E-state index in [0.717, 1.165) is 0 Å². The molecule has 0 saturated carbocycles.